The molecule has 3 aromatic rings. The zero-order valence-electron chi connectivity index (χ0n) is 16.0. The molecule has 0 spiro atoms. The number of nitrogens with zero attached hydrogens (tertiary/aromatic N) is 7. The van der Waals surface area contributed by atoms with Gasteiger partial charge in [-0.05, 0) is 32.7 Å². The molecule has 1 atom stereocenters. The number of aromatic nitrogens is 6. The Hall–Kier alpha value is -2.33. The van der Waals surface area contributed by atoms with Crippen LogP contribution in [0.4, 0.5) is 11.5 Å². The van der Waals surface area contributed by atoms with Gasteiger partial charge in [0.2, 0.25) is 5.16 Å². The van der Waals surface area contributed by atoms with Crippen molar-refractivity contribution in [2.45, 2.75) is 31.0 Å². The van der Waals surface area contributed by atoms with Crippen molar-refractivity contribution in [1.82, 2.24) is 34.3 Å². The van der Waals surface area contributed by atoms with Crippen LogP contribution in [0.2, 0.25) is 0 Å². The Bertz CT molecular complexity index is 952. The molecule has 4 heterocycles. The van der Waals surface area contributed by atoms with Gasteiger partial charge in [0.15, 0.2) is 11.5 Å². The summed E-state index contributed by atoms with van der Waals surface area (Å²) in [5.41, 5.74) is 2.52. The first-order valence-electron chi connectivity index (χ1n) is 9.00. The summed E-state index contributed by atoms with van der Waals surface area (Å²) in [5.74, 6) is 1.20. The number of hydrogen-bond acceptors (Lipinski definition) is 8. The van der Waals surface area contributed by atoms with E-state index in [0.717, 1.165) is 37.3 Å². The van der Waals surface area contributed by atoms with Gasteiger partial charge < -0.3 is 15.0 Å². The number of aryl methyl sites for hydroxylation is 1. The highest BCUT2D eigenvalue weighted by molar-refractivity contribution is 7.98. The quantitative estimate of drug-likeness (QED) is 0.644. The number of likely N-dealkylation sites (N-methyl/N-ethyl adjacent to an activating group) is 1. The zero-order chi connectivity index (χ0) is 19.0. The second kappa shape index (κ2) is 7.35. The molecule has 27 heavy (non-hydrogen) atoms. The molecule has 3 aromatic heterocycles. The van der Waals surface area contributed by atoms with Gasteiger partial charge in [-0.2, -0.15) is 4.98 Å². The maximum absolute atomic E-state index is 5.50. The molecule has 1 fully saturated rings. The summed E-state index contributed by atoms with van der Waals surface area (Å²) in [5, 5.41) is 13.2. The number of nitrogens with one attached hydrogen (secondary N) is 1. The van der Waals surface area contributed by atoms with Crippen LogP contribution in [0.3, 0.4) is 0 Å². The fourth-order valence-corrected chi connectivity index (χ4v) is 3.72. The van der Waals surface area contributed by atoms with Gasteiger partial charge in [-0.25, -0.2) is 9.50 Å². The van der Waals surface area contributed by atoms with E-state index in [1.807, 2.05) is 27.8 Å². The van der Waals surface area contributed by atoms with Crippen LogP contribution in [0.25, 0.3) is 5.65 Å². The second-order valence-electron chi connectivity index (χ2n) is 6.65. The van der Waals surface area contributed by atoms with E-state index < -0.39 is 0 Å². The molecule has 0 bridgehead atoms. The SMILES string of the molecule is CCc1cnc2c(Nc3cn(C4CCN(C)C4)nc3OC)nc(SC)nn12. The van der Waals surface area contributed by atoms with Crippen LogP contribution in [0.15, 0.2) is 17.6 Å². The average molecular weight is 389 g/mol. The van der Waals surface area contributed by atoms with Crippen LogP contribution in [0, 0.1) is 0 Å². The number of imidazole rings is 1. The van der Waals surface area contributed by atoms with Gasteiger partial charge in [0.1, 0.15) is 5.69 Å². The van der Waals surface area contributed by atoms with Gasteiger partial charge in [-0.3, -0.25) is 4.68 Å². The molecule has 1 aliphatic rings. The molecule has 1 saturated heterocycles. The minimum absolute atomic E-state index is 0.352. The van der Waals surface area contributed by atoms with Crippen molar-refractivity contribution in [2.75, 3.05) is 38.8 Å². The van der Waals surface area contributed by atoms with E-state index in [1.165, 1.54) is 11.8 Å². The molecule has 0 aromatic carbocycles. The summed E-state index contributed by atoms with van der Waals surface area (Å²) >= 11 is 1.50. The third-order valence-corrected chi connectivity index (χ3v) is 5.38. The Morgan fingerprint density at radius 2 is 2.22 bits per heavy atom. The molecule has 144 valence electrons. The van der Waals surface area contributed by atoms with Crippen LogP contribution < -0.4 is 10.1 Å². The normalized spacial score (nSPS) is 17.7. The molecule has 1 unspecified atom stereocenters. The van der Waals surface area contributed by atoms with Crippen LogP contribution in [0.5, 0.6) is 5.88 Å². The predicted octanol–water partition coefficient (Wildman–Crippen LogP) is 2.23. The smallest absolute Gasteiger partial charge is 0.256 e. The first-order valence-corrected chi connectivity index (χ1v) is 10.2. The molecule has 4 rings (SSSR count). The summed E-state index contributed by atoms with van der Waals surface area (Å²) < 4.78 is 9.33. The maximum Gasteiger partial charge on any atom is 0.256 e. The van der Waals surface area contributed by atoms with Crippen LogP contribution in [0.1, 0.15) is 25.1 Å². The lowest BCUT2D eigenvalue weighted by Gasteiger charge is -2.10. The minimum Gasteiger partial charge on any atom is -0.478 e. The van der Waals surface area contributed by atoms with E-state index in [2.05, 4.69) is 44.4 Å². The van der Waals surface area contributed by atoms with Gasteiger partial charge in [0.25, 0.3) is 5.88 Å². The van der Waals surface area contributed by atoms with E-state index in [0.29, 0.717) is 28.5 Å². The highest BCUT2D eigenvalue weighted by atomic mass is 32.2. The Balaban J connectivity index is 1.71. The molecule has 0 aliphatic carbocycles. The van der Waals surface area contributed by atoms with Crippen LogP contribution >= 0.6 is 11.8 Å². The van der Waals surface area contributed by atoms with E-state index in [9.17, 15) is 0 Å². The number of anilines is 2. The third kappa shape index (κ3) is 3.34. The Morgan fingerprint density at radius 3 is 2.89 bits per heavy atom. The van der Waals surface area contributed by atoms with Crippen molar-refractivity contribution in [3.05, 3.63) is 18.1 Å². The minimum atomic E-state index is 0.352. The highest BCUT2D eigenvalue weighted by Crippen LogP contribution is 2.31. The van der Waals surface area contributed by atoms with E-state index in [-0.39, 0.29) is 0 Å². The van der Waals surface area contributed by atoms with Gasteiger partial charge >= 0.3 is 0 Å². The topological polar surface area (TPSA) is 85.4 Å². The van der Waals surface area contributed by atoms with Gasteiger partial charge in [-0.1, -0.05) is 18.7 Å². The van der Waals surface area contributed by atoms with Crippen molar-refractivity contribution in [3.63, 3.8) is 0 Å². The number of likely N-dealkylation sites (tertiary alicyclic amines) is 1. The Kier molecular flexibility index (Phi) is 4.92. The summed E-state index contributed by atoms with van der Waals surface area (Å²) in [7, 11) is 3.76. The van der Waals surface area contributed by atoms with Gasteiger partial charge in [0.05, 0.1) is 31.2 Å². The number of hydrogen-bond donors (Lipinski definition) is 1. The number of rotatable bonds is 6. The van der Waals surface area contributed by atoms with Crippen molar-refractivity contribution >= 4 is 28.9 Å². The van der Waals surface area contributed by atoms with Crippen molar-refractivity contribution in [2.24, 2.45) is 0 Å². The number of thioether (sulfide) groups is 1. The van der Waals surface area contributed by atoms with E-state index >= 15 is 0 Å². The largest absolute Gasteiger partial charge is 0.478 e. The third-order valence-electron chi connectivity index (χ3n) is 4.84. The summed E-state index contributed by atoms with van der Waals surface area (Å²) in [4.78, 5) is 11.4. The summed E-state index contributed by atoms with van der Waals surface area (Å²) in [6.45, 7) is 4.15. The molecule has 1 aliphatic heterocycles. The molecule has 0 radical (unpaired) electrons. The standard InChI is InChI=1S/C17H24N8OS/c1-5-11-8-18-15-14(20-17(27-4)22-25(11)15)19-13-10-24(21-16(13)26-3)12-6-7-23(2)9-12/h8,10,12H,5-7,9H2,1-4H3,(H,19,20,22). The second-order valence-corrected chi connectivity index (χ2v) is 7.42. The van der Waals surface area contributed by atoms with Crippen LogP contribution in [-0.2, 0) is 6.42 Å². The molecular formula is C17H24N8OS. The predicted molar refractivity (Wildman–Crippen MR) is 105 cm³/mol. The first kappa shape index (κ1) is 18.1. The fraction of sp³-hybridized carbons (Fsp3) is 0.529. The van der Waals surface area contributed by atoms with E-state index in [4.69, 9.17) is 4.74 Å². The van der Waals surface area contributed by atoms with Crippen molar-refractivity contribution < 1.29 is 4.74 Å². The molecule has 10 heteroatoms. The highest BCUT2D eigenvalue weighted by Gasteiger charge is 2.24. The maximum atomic E-state index is 5.50. The van der Waals surface area contributed by atoms with E-state index in [1.54, 1.807) is 7.11 Å². The lowest BCUT2D eigenvalue weighted by Crippen LogP contribution is -2.16. The zero-order valence-corrected chi connectivity index (χ0v) is 16.8. The number of methoxy groups -OCH3 is 1. The molecule has 0 amide bonds. The first-order chi connectivity index (χ1) is 13.1. The molecular weight excluding hydrogens is 364 g/mol. The summed E-state index contributed by atoms with van der Waals surface area (Å²) in [6.07, 6.45) is 7.72. The monoisotopic (exact) mass is 388 g/mol. The summed E-state index contributed by atoms with van der Waals surface area (Å²) in [6, 6.07) is 0.352. The molecule has 1 N–H and O–H groups in total. The Morgan fingerprint density at radius 1 is 1.37 bits per heavy atom. The molecule has 0 saturated carbocycles. The average Bonchev–Trinajstić information content (AvgIpc) is 3.39. The Labute approximate surface area is 162 Å². The number of fused-ring (bicyclic) bond motifs is 1. The lowest BCUT2D eigenvalue weighted by atomic mass is 10.3. The van der Waals surface area contributed by atoms with Crippen LogP contribution in [-0.4, -0.2) is 67.8 Å². The fourth-order valence-electron chi connectivity index (χ4n) is 3.37. The van der Waals surface area contributed by atoms with Gasteiger partial charge in [0, 0.05) is 6.54 Å². The lowest BCUT2D eigenvalue weighted by molar-refractivity contribution is 0.362. The van der Waals surface area contributed by atoms with Crippen molar-refractivity contribution in [3.8, 4) is 5.88 Å². The van der Waals surface area contributed by atoms with Crippen molar-refractivity contribution in [1.29, 1.82) is 0 Å². The number of ether oxygens (including phenoxy) is 1. The van der Waals surface area contributed by atoms with Gasteiger partial charge in [-0.15, -0.1) is 10.2 Å². The molecule has 9 nitrogen and oxygen atoms in total.